The number of aryl methyl sites for hydroxylation is 1. The smallest absolute Gasteiger partial charge is 0.475 e. The second kappa shape index (κ2) is 10.3. The number of alkyl halides is 3. The molecule has 2 aliphatic rings. The molecule has 3 rings (SSSR count). The van der Waals surface area contributed by atoms with Gasteiger partial charge >= 0.3 is 12.1 Å². The van der Waals surface area contributed by atoms with Crippen LogP contribution in [0.4, 0.5) is 13.2 Å². The first-order chi connectivity index (χ1) is 14.4. The van der Waals surface area contributed by atoms with Crippen LogP contribution in [0.3, 0.4) is 0 Å². The summed E-state index contributed by atoms with van der Waals surface area (Å²) in [6, 6.07) is 8.52. The van der Waals surface area contributed by atoms with Crippen LogP contribution in [0.1, 0.15) is 30.9 Å². The van der Waals surface area contributed by atoms with Crippen LogP contribution in [0.15, 0.2) is 24.3 Å². The van der Waals surface area contributed by atoms with Gasteiger partial charge in [-0.1, -0.05) is 24.3 Å². The summed E-state index contributed by atoms with van der Waals surface area (Å²) < 4.78 is 63.6. The van der Waals surface area contributed by atoms with Crippen molar-refractivity contribution in [3.05, 3.63) is 35.4 Å². The van der Waals surface area contributed by atoms with E-state index in [4.69, 9.17) is 14.6 Å². The fourth-order valence-electron chi connectivity index (χ4n) is 3.58. The van der Waals surface area contributed by atoms with Crippen molar-refractivity contribution in [3.8, 4) is 0 Å². The highest BCUT2D eigenvalue weighted by Crippen LogP contribution is 2.36. The normalized spacial score (nSPS) is 21.1. The molecule has 1 aromatic carbocycles. The van der Waals surface area contributed by atoms with E-state index in [9.17, 15) is 21.6 Å². The van der Waals surface area contributed by atoms with Crippen molar-refractivity contribution >= 4 is 16.0 Å². The zero-order valence-electron chi connectivity index (χ0n) is 17.6. The first kappa shape index (κ1) is 25.6. The number of carbonyl (C=O) groups is 1. The van der Waals surface area contributed by atoms with Crippen LogP contribution in [0, 0.1) is 12.8 Å². The third-order valence-electron chi connectivity index (χ3n) is 5.53. The molecule has 1 unspecified atom stereocenters. The number of halogens is 3. The molecule has 2 heterocycles. The van der Waals surface area contributed by atoms with Crippen molar-refractivity contribution in [1.29, 1.82) is 0 Å². The Morgan fingerprint density at radius 3 is 2.42 bits per heavy atom. The van der Waals surface area contributed by atoms with Crippen molar-refractivity contribution in [3.63, 3.8) is 0 Å². The number of hydrogen-bond acceptors (Lipinski definition) is 5. The predicted molar refractivity (Wildman–Crippen MR) is 109 cm³/mol. The van der Waals surface area contributed by atoms with E-state index in [1.807, 2.05) is 0 Å². The number of sulfonamides is 1. The SMILES string of the molecule is CCS(=O)(=O)NCC1CCC2(CN(Cc3ccccc3C)C2)OC1.O=C(O)C(F)(F)F. The van der Waals surface area contributed by atoms with Gasteiger partial charge in [-0.15, -0.1) is 0 Å². The van der Waals surface area contributed by atoms with Crippen LogP contribution < -0.4 is 4.72 Å². The number of nitrogens with zero attached hydrogens (tertiary/aromatic N) is 1. The number of hydrogen-bond donors (Lipinski definition) is 2. The highest BCUT2D eigenvalue weighted by molar-refractivity contribution is 7.89. The Balaban J connectivity index is 0.000000423. The van der Waals surface area contributed by atoms with Gasteiger partial charge in [0.25, 0.3) is 0 Å². The molecule has 2 N–H and O–H groups in total. The van der Waals surface area contributed by atoms with Crippen molar-refractivity contribution in [2.24, 2.45) is 5.92 Å². The molecule has 0 radical (unpaired) electrons. The minimum absolute atomic E-state index is 0.00279. The lowest BCUT2D eigenvalue weighted by atomic mass is 9.82. The van der Waals surface area contributed by atoms with E-state index in [0.29, 0.717) is 19.1 Å². The quantitative estimate of drug-likeness (QED) is 0.669. The Morgan fingerprint density at radius 1 is 1.32 bits per heavy atom. The van der Waals surface area contributed by atoms with Crippen molar-refractivity contribution in [1.82, 2.24) is 9.62 Å². The molecule has 176 valence electrons. The Bertz CT molecular complexity index is 845. The van der Waals surface area contributed by atoms with E-state index >= 15 is 0 Å². The summed E-state index contributed by atoms with van der Waals surface area (Å²) in [5.74, 6) is -2.33. The van der Waals surface area contributed by atoms with E-state index in [2.05, 4.69) is 40.8 Å². The van der Waals surface area contributed by atoms with Crippen LogP contribution >= 0.6 is 0 Å². The predicted octanol–water partition coefficient (Wildman–Crippen LogP) is 2.55. The van der Waals surface area contributed by atoms with Gasteiger partial charge in [-0.25, -0.2) is 17.9 Å². The number of nitrogens with one attached hydrogen (secondary N) is 1. The molecule has 0 amide bonds. The molecule has 7 nitrogen and oxygen atoms in total. The van der Waals surface area contributed by atoms with Crippen LogP contribution in [-0.2, 0) is 26.1 Å². The van der Waals surface area contributed by atoms with Gasteiger partial charge in [-0.05, 0) is 43.7 Å². The number of benzene rings is 1. The zero-order valence-corrected chi connectivity index (χ0v) is 18.4. The maximum atomic E-state index is 11.5. The number of aliphatic carboxylic acids is 1. The average molecular weight is 467 g/mol. The topological polar surface area (TPSA) is 95.9 Å². The van der Waals surface area contributed by atoms with E-state index in [1.54, 1.807) is 6.92 Å². The van der Waals surface area contributed by atoms with Crippen LogP contribution in [0.5, 0.6) is 0 Å². The Hall–Kier alpha value is -1.69. The van der Waals surface area contributed by atoms with Gasteiger partial charge in [-0.2, -0.15) is 13.2 Å². The van der Waals surface area contributed by atoms with E-state index in [-0.39, 0.29) is 11.4 Å². The van der Waals surface area contributed by atoms with Gasteiger partial charge in [0.2, 0.25) is 10.0 Å². The second-order valence-electron chi connectivity index (χ2n) is 8.03. The first-order valence-corrected chi connectivity index (χ1v) is 11.7. The maximum Gasteiger partial charge on any atom is 0.490 e. The van der Waals surface area contributed by atoms with Gasteiger partial charge in [0.1, 0.15) is 0 Å². The molecular weight excluding hydrogens is 437 g/mol. The first-order valence-electron chi connectivity index (χ1n) is 10.0. The van der Waals surface area contributed by atoms with E-state index in [1.165, 1.54) is 11.1 Å². The molecular formula is C20H29F3N2O5S. The number of rotatable bonds is 6. The van der Waals surface area contributed by atoms with Crippen molar-refractivity contribution < 1.29 is 36.2 Å². The lowest BCUT2D eigenvalue weighted by molar-refractivity contribution is -0.192. The summed E-state index contributed by atoms with van der Waals surface area (Å²) in [6.45, 7) is 7.92. The molecule has 1 aromatic rings. The molecule has 1 spiro atoms. The molecule has 0 aliphatic carbocycles. The Morgan fingerprint density at radius 2 is 1.94 bits per heavy atom. The van der Waals surface area contributed by atoms with Gasteiger partial charge in [-0.3, -0.25) is 4.90 Å². The second-order valence-corrected chi connectivity index (χ2v) is 10.1. The highest BCUT2D eigenvalue weighted by atomic mass is 32.2. The van der Waals surface area contributed by atoms with Crippen LogP contribution in [-0.4, -0.2) is 68.2 Å². The summed E-state index contributed by atoms with van der Waals surface area (Å²) in [4.78, 5) is 11.3. The fraction of sp³-hybridized carbons (Fsp3) is 0.650. The lowest BCUT2D eigenvalue weighted by Crippen LogP contribution is -2.64. The third-order valence-corrected chi connectivity index (χ3v) is 6.89. The van der Waals surface area contributed by atoms with Gasteiger partial charge in [0.05, 0.1) is 18.0 Å². The van der Waals surface area contributed by atoms with Crippen LogP contribution in [0.25, 0.3) is 0 Å². The van der Waals surface area contributed by atoms with Gasteiger partial charge < -0.3 is 9.84 Å². The maximum absolute atomic E-state index is 11.5. The summed E-state index contributed by atoms with van der Waals surface area (Å²) in [7, 11) is -3.10. The molecule has 31 heavy (non-hydrogen) atoms. The minimum Gasteiger partial charge on any atom is -0.475 e. The summed E-state index contributed by atoms with van der Waals surface area (Å²) in [5, 5.41) is 7.12. The standard InChI is InChI=1S/C18H28N2O3S.C2HF3O2/c1-3-24(21,22)19-10-16-8-9-18(23-12-16)13-20(14-18)11-17-7-5-4-6-15(17)2;3-2(4,5)1(6)7/h4-7,16,19H,3,8-14H2,1-2H3;(H,6,7). The zero-order chi connectivity index (χ0) is 23.3. The third kappa shape index (κ3) is 7.74. The molecule has 2 saturated heterocycles. The van der Waals surface area contributed by atoms with Gasteiger partial charge in [0.15, 0.2) is 0 Å². The summed E-state index contributed by atoms with van der Waals surface area (Å²) >= 11 is 0. The molecule has 0 bridgehead atoms. The lowest BCUT2D eigenvalue weighted by Gasteiger charge is -2.53. The number of carboxylic acid groups (broad SMARTS) is 1. The minimum atomic E-state index is -5.08. The number of carboxylic acids is 1. The van der Waals surface area contributed by atoms with E-state index < -0.39 is 22.2 Å². The molecule has 0 aromatic heterocycles. The monoisotopic (exact) mass is 466 g/mol. The van der Waals surface area contributed by atoms with Crippen molar-refractivity contribution in [2.45, 2.75) is 45.0 Å². The number of ether oxygens (including phenoxy) is 1. The number of likely N-dealkylation sites (tertiary alicyclic amines) is 1. The van der Waals surface area contributed by atoms with Gasteiger partial charge in [0, 0.05) is 26.2 Å². The fourth-order valence-corrected chi connectivity index (χ4v) is 4.28. The largest absolute Gasteiger partial charge is 0.490 e. The summed E-state index contributed by atoms with van der Waals surface area (Å²) in [6.07, 6.45) is -3.03. The van der Waals surface area contributed by atoms with E-state index in [0.717, 1.165) is 32.5 Å². The molecule has 0 saturated carbocycles. The molecule has 2 fully saturated rings. The molecule has 11 heteroatoms. The van der Waals surface area contributed by atoms with Crippen LogP contribution in [0.2, 0.25) is 0 Å². The Kier molecular flexibility index (Phi) is 8.48. The average Bonchev–Trinajstić information content (AvgIpc) is 2.68. The molecule has 2 aliphatic heterocycles. The highest BCUT2D eigenvalue weighted by Gasteiger charge is 2.46. The molecule has 1 atom stereocenters. The van der Waals surface area contributed by atoms with Crippen molar-refractivity contribution in [2.75, 3.05) is 32.0 Å². The Labute approximate surface area is 180 Å². The summed E-state index contributed by atoms with van der Waals surface area (Å²) in [5.41, 5.74) is 2.73.